The summed E-state index contributed by atoms with van der Waals surface area (Å²) in [5, 5.41) is 8.99. The first-order valence-corrected chi connectivity index (χ1v) is 10.6. The van der Waals surface area contributed by atoms with Crippen molar-refractivity contribution in [3.63, 3.8) is 0 Å². The topological polar surface area (TPSA) is 53.5 Å². The van der Waals surface area contributed by atoms with E-state index in [0.29, 0.717) is 26.4 Å². The van der Waals surface area contributed by atoms with Gasteiger partial charge >= 0.3 is 7.12 Å². The number of benzene rings is 1. The van der Waals surface area contributed by atoms with Crippen LogP contribution in [-0.4, -0.2) is 28.5 Å². The molecule has 1 aromatic heterocycles. The lowest BCUT2D eigenvalue weighted by Crippen LogP contribution is -2.41. The van der Waals surface area contributed by atoms with Gasteiger partial charge in [-0.25, -0.2) is 0 Å². The lowest BCUT2D eigenvalue weighted by atomic mass is 9.79. The fraction of sp³-hybridized carbons (Fsp3) is 0.500. The minimum atomic E-state index is -0.573. The summed E-state index contributed by atoms with van der Waals surface area (Å²) in [5.41, 5.74) is 0.655. The third-order valence-corrected chi connectivity index (χ3v) is 6.50. The van der Waals surface area contributed by atoms with Gasteiger partial charge in [-0.3, -0.25) is 0 Å². The van der Waals surface area contributed by atoms with E-state index in [1.807, 2.05) is 27.7 Å². The highest BCUT2D eigenvalue weighted by atomic mass is 35.5. The fourth-order valence-electron chi connectivity index (χ4n) is 2.88. The van der Waals surface area contributed by atoms with E-state index in [0.717, 1.165) is 12.0 Å². The highest BCUT2D eigenvalue weighted by molar-refractivity contribution is 6.63. The second kappa shape index (κ2) is 8.24. The number of ether oxygens (including phenoxy) is 1. The van der Waals surface area contributed by atoms with E-state index >= 15 is 0 Å². The van der Waals surface area contributed by atoms with Gasteiger partial charge in [0.25, 0.3) is 0 Å². The van der Waals surface area contributed by atoms with E-state index in [4.69, 9.17) is 48.8 Å². The molecule has 29 heavy (non-hydrogen) atoms. The van der Waals surface area contributed by atoms with E-state index < -0.39 is 18.3 Å². The molecule has 0 N–H and O–H groups in total. The van der Waals surface area contributed by atoms with Gasteiger partial charge in [0.1, 0.15) is 0 Å². The Hall–Kier alpha value is -1.05. The van der Waals surface area contributed by atoms with Crippen LogP contribution in [0.3, 0.4) is 0 Å². The Balaban J connectivity index is 1.88. The van der Waals surface area contributed by atoms with Crippen molar-refractivity contribution in [3.8, 4) is 11.6 Å². The summed E-state index contributed by atoms with van der Waals surface area (Å²) in [7, 11) is -0.573. The first-order chi connectivity index (χ1) is 13.4. The molecule has 3 rings (SSSR count). The van der Waals surface area contributed by atoms with Gasteiger partial charge in [0.2, 0.25) is 5.88 Å². The Kier molecular flexibility index (Phi) is 6.43. The quantitative estimate of drug-likeness (QED) is 0.512. The van der Waals surface area contributed by atoms with Gasteiger partial charge in [-0.15, -0.1) is 10.2 Å². The molecule has 1 saturated heterocycles. The van der Waals surface area contributed by atoms with Gasteiger partial charge in [0.05, 0.1) is 21.2 Å². The largest absolute Gasteiger partial charge is 0.494 e. The lowest BCUT2D eigenvalue weighted by molar-refractivity contribution is 0.00578. The van der Waals surface area contributed by atoms with Crippen molar-refractivity contribution in [1.82, 2.24) is 10.2 Å². The van der Waals surface area contributed by atoms with Crippen molar-refractivity contribution >= 4 is 47.4 Å². The Labute approximate surface area is 187 Å². The molecule has 1 aliphatic rings. The molecule has 5 nitrogen and oxygen atoms in total. The van der Waals surface area contributed by atoms with E-state index in [9.17, 15) is 0 Å². The number of halogens is 3. The third-order valence-electron chi connectivity index (χ3n) is 5.65. The molecule has 1 fully saturated rings. The van der Waals surface area contributed by atoms with Crippen LogP contribution >= 0.6 is 34.8 Å². The summed E-state index contributed by atoms with van der Waals surface area (Å²) >= 11 is 19.1. The normalized spacial score (nSPS) is 18.7. The predicted octanol–water partition coefficient (Wildman–Crippen LogP) is 6.04. The van der Waals surface area contributed by atoms with E-state index in [-0.39, 0.29) is 11.8 Å². The van der Waals surface area contributed by atoms with Crippen LogP contribution in [0.4, 0.5) is 0 Å². The molecule has 1 unspecified atom stereocenters. The Bertz CT molecular complexity index is 885. The predicted molar refractivity (Wildman–Crippen MR) is 118 cm³/mol. The number of aromatic nitrogens is 2. The van der Waals surface area contributed by atoms with Gasteiger partial charge in [0, 0.05) is 6.07 Å². The summed E-state index contributed by atoms with van der Waals surface area (Å²) in [4.78, 5) is 0. The molecular weight excluding hydrogens is 433 g/mol. The molecule has 1 aromatic carbocycles. The Morgan fingerprint density at radius 1 is 1.00 bits per heavy atom. The van der Waals surface area contributed by atoms with Crippen molar-refractivity contribution in [1.29, 1.82) is 0 Å². The standard InChI is InChI=1S/C20H24BCl3N2O3/c1-7-11(2)13-10-16(25-26-18(13)24)27-17-14(22)8-12(9-15(17)23)21-28-19(3,4)20(5,6)29-21/h8-11H,7H2,1-6H3. The second-order valence-corrected chi connectivity index (χ2v) is 9.41. The van der Waals surface area contributed by atoms with Crippen molar-refractivity contribution in [2.24, 2.45) is 0 Å². The molecule has 0 amide bonds. The van der Waals surface area contributed by atoms with Gasteiger partial charge < -0.3 is 14.0 Å². The zero-order valence-corrected chi connectivity index (χ0v) is 19.6. The lowest BCUT2D eigenvalue weighted by Gasteiger charge is -2.32. The zero-order chi connectivity index (χ0) is 21.6. The monoisotopic (exact) mass is 456 g/mol. The van der Waals surface area contributed by atoms with Crippen molar-refractivity contribution in [2.75, 3.05) is 0 Å². The zero-order valence-electron chi connectivity index (χ0n) is 17.3. The second-order valence-electron chi connectivity index (χ2n) is 8.24. The van der Waals surface area contributed by atoms with Crippen molar-refractivity contribution in [3.05, 3.63) is 39.0 Å². The Morgan fingerprint density at radius 2 is 1.55 bits per heavy atom. The van der Waals surface area contributed by atoms with Crippen LogP contribution in [0, 0.1) is 0 Å². The smallest absolute Gasteiger partial charge is 0.434 e. The molecule has 0 saturated carbocycles. The molecule has 0 spiro atoms. The highest BCUT2D eigenvalue weighted by Crippen LogP contribution is 2.39. The van der Waals surface area contributed by atoms with Gasteiger partial charge in [-0.2, -0.15) is 0 Å². The molecule has 1 atom stereocenters. The van der Waals surface area contributed by atoms with E-state index in [2.05, 4.69) is 24.0 Å². The van der Waals surface area contributed by atoms with Gasteiger partial charge in [0.15, 0.2) is 10.9 Å². The molecule has 0 radical (unpaired) electrons. The summed E-state index contributed by atoms with van der Waals surface area (Å²) in [5.74, 6) is 0.786. The van der Waals surface area contributed by atoms with Gasteiger partial charge in [-0.05, 0) is 63.2 Å². The van der Waals surface area contributed by atoms with E-state index in [1.54, 1.807) is 18.2 Å². The Morgan fingerprint density at radius 3 is 2.07 bits per heavy atom. The molecule has 0 bridgehead atoms. The van der Waals surface area contributed by atoms with Crippen LogP contribution < -0.4 is 10.2 Å². The molecule has 156 valence electrons. The minimum Gasteiger partial charge on any atom is -0.434 e. The molecule has 2 aromatic rings. The number of nitrogens with zero attached hydrogens (tertiary/aromatic N) is 2. The fourth-order valence-corrected chi connectivity index (χ4v) is 3.74. The molecule has 2 heterocycles. The number of hydrogen-bond acceptors (Lipinski definition) is 5. The number of hydrogen-bond donors (Lipinski definition) is 0. The van der Waals surface area contributed by atoms with Crippen LogP contribution in [0.1, 0.15) is 59.4 Å². The molecule has 9 heteroatoms. The first kappa shape index (κ1) is 22.6. The third kappa shape index (κ3) is 4.52. The van der Waals surface area contributed by atoms with Crippen LogP contribution in [-0.2, 0) is 9.31 Å². The van der Waals surface area contributed by atoms with Crippen molar-refractivity contribution < 1.29 is 14.0 Å². The average Bonchev–Trinajstić information content (AvgIpc) is 2.86. The molecular formula is C20H24BCl3N2O3. The minimum absolute atomic E-state index is 0.219. The maximum atomic E-state index is 6.47. The first-order valence-electron chi connectivity index (χ1n) is 9.50. The van der Waals surface area contributed by atoms with Crippen molar-refractivity contribution in [2.45, 2.75) is 65.1 Å². The highest BCUT2D eigenvalue weighted by Gasteiger charge is 2.51. The van der Waals surface area contributed by atoms with Crippen LogP contribution in [0.15, 0.2) is 18.2 Å². The molecule has 1 aliphatic heterocycles. The van der Waals surface area contributed by atoms with Crippen LogP contribution in [0.2, 0.25) is 15.2 Å². The van der Waals surface area contributed by atoms with Gasteiger partial charge in [-0.1, -0.05) is 48.7 Å². The summed E-state index contributed by atoms with van der Waals surface area (Å²) in [6, 6.07) is 5.21. The summed E-state index contributed by atoms with van der Waals surface area (Å²) < 4.78 is 18.0. The summed E-state index contributed by atoms with van der Waals surface area (Å²) in [6.07, 6.45) is 0.912. The summed E-state index contributed by atoms with van der Waals surface area (Å²) in [6.45, 7) is 12.1. The van der Waals surface area contributed by atoms with Crippen LogP contribution in [0.5, 0.6) is 11.6 Å². The van der Waals surface area contributed by atoms with E-state index in [1.165, 1.54) is 0 Å². The SMILES string of the molecule is CCC(C)c1cc(Oc2c(Cl)cc(B3OC(C)(C)C(C)(C)O3)cc2Cl)nnc1Cl. The average molecular weight is 458 g/mol. The molecule has 0 aliphatic carbocycles. The maximum absolute atomic E-state index is 6.47. The number of rotatable bonds is 5. The van der Waals surface area contributed by atoms with Crippen LogP contribution in [0.25, 0.3) is 0 Å². The maximum Gasteiger partial charge on any atom is 0.494 e.